The van der Waals surface area contributed by atoms with E-state index in [-0.39, 0.29) is 0 Å². The molecule has 1 spiro atoms. The lowest BCUT2D eigenvalue weighted by Crippen LogP contribution is -2.06. The average Bonchev–Trinajstić information content (AvgIpc) is 2.43. The van der Waals surface area contributed by atoms with Gasteiger partial charge >= 0.3 is 0 Å². The van der Waals surface area contributed by atoms with Crippen LogP contribution in [0.15, 0.2) is 0 Å². The molecule has 0 radical (unpaired) electrons. The van der Waals surface area contributed by atoms with Crippen molar-refractivity contribution >= 4 is 22.6 Å². The summed E-state index contributed by atoms with van der Waals surface area (Å²) in [4.78, 5) is 0. The van der Waals surface area contributed by atoms with Crippen molar-refractivity contribution in [1.82, 2.24) is 0 Å². The van der Waals surface area contributed by atoms with Crippen LogP contribution in [0.3, 0.4) is 0 Å². The first-order chi connectivity index (χ1) is 4.77. The lowest BCUT2D eigenvalue weighted by atomic mass is 10.0. The van der Waals surface area contributed by atoms with Gasteiger partial charge in [0.05, 0.1) is 12.7 Å². The third-order valence-electron chi connectivity index (χ3n) is 3.01. The maximum atomic E-state index is 5.64. The molecule has 1 nitrogen and oxygen atoms in total. The van der Waals surface area contributed by atoms with Gasteiger partial charge in [0.25, 0.3) is 0 Å². The van der Waals surface area contributed by atoms with Crippen molar-refractivity contribution in [3.63, 3.8) is 0 Å². The van der Waals surface area contributed by atoms with Gasteiger partial charge in [0.1, 0.15) is 0 Å². The molecule has 0 bridgehead atoms. The minimum absolute atomic E-state index is 0.575. The van der Waals surface area contributed by atoms with E-state index in [9.17, 15) is 0 Å². The molecular formula is C8H13IO. The van der Waals surface area contributed by atoms with E-state index in [0.29, 0.717) is 11.5 Å². The first-order valence-corrected chi connectivity index (χ1v) is 5.47. The van der Waals surface area contributed by atoms with Crippen LogP contribution in [-0.2, 0) is 4.74 Å². The third-order valence-corrected chi connectivity index (χ3v) is 3.99. The van der Waals surface area contributed by atoms with Crippen LogP contribution >= 0.6 is 22.6 Å². The highest BCUT2D eigenvalue weighted by Gasteiger charge is 2.55. The van der Waals surface area contributed by atoms with E-state index in [1.165, 1.54) is 17.3 Å². The summed E-state index contributed by atoms with van der Waals surface area (Å²) in [6.07, 6.45) is 3.32. The number of hydrogen-bond donors (Lipinski definition) is 0. The normalized spacial score (nSPS) is 52.2. The Kier molecular flexibility index (Phi) is 1.72. The predicted molar refractivity (Wildman–Crippen MR) is 49.5 cm³/mol. The Balaban J connectivity index is 1.95. The second-order valence-electron chi connectivity index (χ2n) is 3.76. The molecule has 0 aromatic rings. The fraction of sp³-hybridized carbons (Fsp3) is 1.00. The van der Waals surface area contributed by atoms with Crippen LogP contribution in [-0.4, -0.2) is 17.1 Å². The van der Waals surface area contributed by atoms with Crippen molar-refractivity contribution in [2.24, 2.45) is 11.3 Å². The predicted octanol–water partition coefficient (Wildman–Crippen LogP) is 2.24. The highest BCUT2D eigenvalue weighted by Crippen LogP contribution is 2.59. The molecule has 3 atom stereocenters. The molecule has 58 valence electrons. The number of halogens is 1. The molecule has 1 aliphatic carbocycles. The van der Waals surface area contributed by atoms with Gasteiger partial charge < -0.3 is 4.74 Å². The highest BCUT2D eigenvalue weighted by atomic mass is 127. The molecule has 1 aliphatic heterocycles. The van der Waals surface area contributed by atoms with E-state index in [1.54, 1.807) is 0 Å². The van der Waals surface area contributed by atoms with Gasteiger partial charge in [0.15, 0.2) is 0 Å². The maximum absolute atomic E-state index is 5.64. The zero-order valence-electron chi connectivity index (χ0n) is 6.27. The summed E-state index contributed by atoms with van der Waals surface area (Å²) in [5.41, 5.74) is 0.649. The Morgan fingerprint density at radius 2 is 2.30 bits per heavy atom. The van der Waals surface area contributed by atoms with E-state index < -0.39 is 0 Å². The van der Waals surface area contributed by atoms with Crippen LogP contribution in [0.1, 0.15) is 19.8 Å². The Bertz CT molecular complexity index is 148. The standard InChI is InChI=1S/C8H13IO/c1-6-2-8(6)3-7(4-9)10-5-8/h6-7H,2-5H2,1H3. The quantitative estimate of drug-likeness (QED) is 0.513. The van der Waals surface area contributed by atoms with E-state index in [1.807, 2.05) is 0 Å². The summed E-state index contributed by atoms with van der Waals surface area (Å²) < 4.78 is 6.82. The van der Waals surface area contributed by atoms with Crippen molar-refractivity contribution in [3.8, 4) is 0 Å². The zero-order valence-corrected chi connectivity index (χ0v) is 8.43. The van der Waals surface area contributed by atoms with Crippen molar-refractivity contribution < 1.29 is 4.74 Å². The third kappa shape index (κ3) is 0.998. The van der Waals surface area contributed by atoms with Crippen LogP contribution in [0, 0.1) is 11.3 Å². The number of hydrogen-bond acceptors (Lipinski definition) is 1. The van der Waals surface area contributed by atoms with Gasteiger partial charge in [-0.1, -0.05) is 29.5 Å². The minimum Gasteiger partial charge on any atom is -0.377 e. The maximum Gasteiger partial charge on any atom is 0.0671 e. The largest absolute Gasteiger partial charge is 0.377 e. The highest BCUT2D eigenvalue weighted by molar-refractivity contribution is 14.1. The molecule has 2 heteroatoms. The monoisotopic (exact) mass is 252 g/mol. The lowest BCUT2D eigenvalue weighted by Gasteiger charge is -2.02. The summed E-state index contributed by atoms with van der Waals surface area (Å²) in [7, 11) is 0. The fourth-order valence-electron chi connectivity index (χ4n) is 1.99. The topological polar surface area (TPSA) is 9.23 Å². The van der Waals surface area contributed by atoms with E-state index in [2.05, 4.69) is 29.5 Å². The van der Waals surface area contributed by atoms with E-state index >= 15 is 0 Å². The molecule has 1 heterocycles. The van der Waals surface area contributed by atoms with Crippen LogP contribution in [0.4, 0.5) is 0 Å². The summed E-state index contributed by atoms with van der Waals surface area (Å²) >= 11 is 2.42. The molecule has 2 aliphatic rings. The molecule has 1 saturated heterocycles. The number of ether oxygens (including phenoxy) is 1. The molecule has 1 saturated carbocycles. The second-order valence-corrected chi connectivity index (χ2v) is 4.64. The fourth-order valence-corrected chi connectivity index (χ4v) is 2.56. The van der Waals surface area contributed by atoms with E-state index in [0.717, 1.165) is 12.5 Å². The van der Waals surface area contributed by atoms with Crippen LogP contribution < -0.4 is 0 Å². The first kappa shape index (κ1) is 7.35. The summed E-state index contributed by atoms with van der Waals surface area (Å²) in [6, 6.07) is 0. The van der Waals surface area contributed by atoms with Crippen molar-refractivity contribution in [1.29, 1.82) is 0 Å². The van der Waals surface area contributed by atoms with Gasteiger partial charge in [-0.15, -0.1) is 0 Å². The Hall–Kier alpha value is 0.690. The molecule has 10 heavy (non-hydrogen) atoms. The summed E-state index contributed by atoms with van der Waals surface area (Å²) in [5, 5.41) is 0. The Morgan fingerprint density at radius 3 is 2.60 bits per heavy atom. The molecule has 0 amide bonds. The Labute approximate surface area is 75.7 Å². The minimum atomic E-state index is 0.575. The van der Waals surface area contributed by atoms with Crippen molar-refractivity contribution in [2.75, 3.05) is 11.0 Å². The Morgan fingerprint density at radius 1 is 1.60 bits per heavy atom. The summed E-state index contributed by atoms with van der Waals surface area (Å²) in [5.74, 6) is 0.945. The zero-order chi connectivity index (χ0) is 7.19. The molecule has 3 unspecified atom stereocenters. The smallest absolute Gasteiger partial charge is 0.0671 e. The van der Waals surface area contributed by atoms with E-state index in [4.69, 9.17) is 4.74 Å². The molecule has 0 N–H and O–H groups in total. The van der Waals surface area contributed by atoms with Gasteiger partial charge in [-0.2, -0.15) is 0 Å². The van der Waals surface area contributed by atoms with Gasteiger partial charge in [0, 0.05) is 4.43 Å². The number of alkyl halides is 1. The number of rotatable bonds is 1. The van der Waals surface area contributed by atoms with Crippen LogP contribution in [0.2, 0.25) is 0 Å². The molecule has 2 fully saturated rings. The first-order valence-electron chi connectivity index (χ1n) is 3.94. The van der Waals surface area contributed by atoms with Crippen LogP contribution in [0.25, 0.3) is 0 Å². The van der Waals surface area contributed by atoms with Crippen molar-refractivity contribution in [3.05, 3.63) is 0 Å². The molecular weight excluding hydrogens is 239 g/mol. The van der Waals surface area contributed by atoms with Crippen LogP contribution in [0.5, 0.6) is 0 Å². The van der Waals surface area contributed by atoms with Gasteiger partial charge in [-0.05, 0) is 24.2 Å². The second kappa shape index (κ2) is 2.34. The van der Waals surface area contributed by atoms with Gasteiger partial charge in [-0.25, -0.2) is 0 Å². The van der Waals surface area contributed by atoms with Gasteiger partial charge in [-0.3, -0.25) is 0 Å². The van der Waals surface area contributed by atoms with Crippen molar-refractivity contribution in [2.45, 2.75) is 25.9 Å². The molecule has 0 aromatic heterocycles. The lowest BCUT2D eigenvalue weighted by molar-refractivity contribution is 0.122. The molecule has 0 aromatic carbocycles. The SMILES string of the molecule is CC1CC12COC(CI)C2. The average molecular weight is 252 g/mol. The van der Waals surface area contributed by atoms with Gasteiger partial charge in [0.2, 0.25) is 0 Å². The molecule has 2 rings (SSSR count). The summed E-state index contributed by atoms with van der Waals surface area (Å²) in [6.45, 7) is 3.39.